The minimum absolute atomic E-state index is 0.0196. The smallest absolute Gasteiger partial charge is 0.328 e. The van der Waals surface area contributed by atoms with Crippen LogP contribution in [0.3, 0.4) is 0 Å². The molecule has 258 valence electrons. The van der Waals surface area contributed by atoms with Crippen molar-refractivity contribution in [2.45, 2.75) is 129 Å². The molecule has 0 bridgehead atoms. The maximum absolute atomic E-state index is 14.1. The zero-order valence-electron chi connectivity index (χ0n) is 29.3. The molecule has 1 saturated carbocycles. The average Bonchev–Trinajstić information content (AvgIpc) is 3.09. The zero-order chi connectivity index (χ0) is 33.8. The number of benzene rings is 2. The largest absolute Gasteiger partial charge is 0.489 e. The number of amides is 2. The third-order valence-corrected chi connectivity index (χ3v) is 9.79. The number of para-hydroxylation sites is 1. The molecule has 0 unspecified atom stereocenters. The quantitative estimate of drug-likeness (QED) is 0.205. The summed E-state index contributed by atoms with van der Waals surface area (Å²) in [6, 6.07) is 14.0. The molecule has 4 rings (SSSR count). The number of nitrogens with zero attached hydrogens (tertiary/aromatic N) is 1. The Morgan fingerprint density at radius 1 is 0.979 bits per heavy atom. The number of likely N-dealkylation sites (N-methyl/N-ethyl adjacent to an activating group) is 1. The van der Waals surface area contributed by atoms with E-state index in [-0.39, 0.29) is 36.4 Å². The fourth-order valence-corrected chi connectivity index (χ4v) is 6.81. The first kappa shape index (κ1) is 36.4. The second kappa shape index (κ2) is 18.2. The molecule has 1 aliphatic heterocycles. The van der Waals surface area contributed by atoms with E-state index in [2.05, 4.69) is 35.8 Å². The number of esters is 1. The number of rotatable bonds is 16. The van der Waals surface area contributed by atoms with Gasteiger partial charge in [0.05, 0.1) is 6.04 Å². The topological polar surface area (TPSA) is 97.0 Å². The molecule has 2 N–H and O–H groups in total. The Kier molecular flexibility index (Phi) is 14.1. The number of nitrogens with one attached hydrogen (secondary N) is 2. The number of carbonyl (C=O) groups is 3. The first-order valence-electron chi connectivity index (χ1n) is 18.0. The summed E-state index contributed by atoms with van der Waals surface area (Å²) in [7, 11) is 1.70. The minimum Gasteiger partial charge on any atom is -0.489 e. The molecule has 2 aromatic carbocycles. The lowest BCUT2D eigenvalue weighted by atomic mass is 9.83. The molecule has 0 radical (unpaired) electrons. The van der Waals surface area contributed by atoms with Gasteiger partial charge < -0.3 is 25.0 Å². The highest BCUT2D eigenvalue weighted by Gasteiger charge is 2.36. The van der Waals surface area contributed by atoms with Crippen molar-refractivity contribution in [2.24, 2.45) is 11.8 Å². The molecule has 0 saturated heterocycles. The maximum atomic E-state index is 14.1. The summed E-state index contributed by atoms with van der Waals surface area (Å²) >= 11 is 0. The molecule has 1 aliphatic carbocycles. The lowest BCUT2D eigenvalue weighted by molar-refractivity contribution is -0.150. The van der Waals surface area contributed by atoms with Gasteiger partial charge in [-0.1, -0.05) is 95.0 Å². The van der Waals surface area contributed by atoms with E-state index in [0.717, 1.165) is 69.1 Å². The van der Waals surface area contributed by atoms with Gasteiger partial charge in [0.2, 0.25) is 11.8 Å². The summed E-state index contributed by atoms with van der Waals surface area (Å²) in [6.45, 7) is 8.66. The van der Waals surface area contributed by atoms with Crippen LogP contribution in [0.4, 0.5) is 0 Å². The van der Waals surface area contributed by atoms with Gasteiger partial charge in [-0.2, -0.15) is 0 Å². The van der Waals surface area contributed by atoms with Crippen LogP contribution in [0, 0.1) is 11.8 Å². The predicted octanol–water partition coefficient (Wildman–Crippen LogP) is 6.38. The Hall–Kier alpha value is -3.39. The first-order chi connectivity index (χ1) is 22.7. The summed E-state index contributed by atoms with van der Waals surface area (Å²) < 4.78 is 12.2. The standard InChI is InChI=1S/C39H57N3O5/c1-6-7-17-31-20-14-21-32-22-23-33(47-36(31)32)25-40-35(30-18-12-9-13-19-30)38(44)42(5)28(4)37(43)41-34(24-27(2)3)39(45)46-26-29-15-10-8-11-16-29/h8,10-11,14-16,20-21,27-28,30,33-35,40H,6-7,9,12-13,17-19,22-26H2,1-5H3,(H,41,43)/t28-,33-,34-,35+/m1/s1. The average molecular weight is 648 g/mol. The van der Waals surface area contributed by atoms with E-state index in [9.17, 15) is 14.4 Å². The van der Waals surface area contributed by atoms with Crippen LogP contribution in [0.15, 0.2) is 48.5 Å². The molecule has 0 aromatic heterocycles. The Bertz CT molecular complexity index is 1290. The Morgan fingerprint density at radius 3 is 2.43 bits per heavy atom. The molecule has 47 heavy (non-hydrogen) atoms. The van der Waals surface area contributed by atoms with E-state index < -0.39 is 24.1 Å². The second-order valence-electron chi connectivity index (χ2n) is 14.0. The van der Waals surface area contributed by atoms with Crippen molar-refractivity contribution in [3.05, 3.63) is 65.2 Å². The SMILES string of the molecule is CCCCc1cccc2c1O[C@@H](CN[C@H](C(=O)N(C)[C@H](C)C(=O)N[C@H](CC(C)C)C(=O)OCc1ccccc1)C1CCCCC1)CC2. The van der Waals surface area contributed by atoms with E-state index in [1.807, 2.05) is 44.2 Å². The van der Waals surface area contributed by atoms with Crippen molar-refractivity contribution < 1.29 is 23.9 Å². The molecule has 2 amide bonds. The summed E-state index contributed by atoms with van der Waals surface area (Å²) in [4.78, 5) is 42.3. The van der Waals surface area contributed by atoms with Crippen LogP contribution in [0.25, 0.3) is 0 Å². The van der Waals surface area contributed by atoms with Crippen molar-refractivity contribution in [3.8, 4) is 5.75 Å². The molecule has 2 aliphatic rings. The van der Waals surface area contributed by atoms with Crippen LogP contribution < -0.4 is 15.4 Å². The van der Waals surface area contributed by atoms with Crippen molar-refractivity contribution in [1.29, 1.82) is 0 Å². The van der Waals surface area contributed by atoms with E-state index in [0.29, 0.717) is 13.0 Å². The number of hydrogen-bond donors (Lipinski definition) is 2. The number of hydrogen-bond acceptors (Lipinski definition) is 6. The molecule has 4 atom stereocenters. The summed E-state index contributed by atoms with van der Waals surface area (Å²) in [5.74, 6) is 0.470. The Morgan fingerprint density at radius 2 is 1.72 bits per heavy atom. The molecular weight excluding hydrogens is 590 g/mol. The molecule has 0 spiro atoms. The third kappa shape index (κ3) is 10.6. The van der Waals surface area contributed by atoms with Gasteiger partial charge in [-0.25, -0.2) is 4.79 Å². The lowest BCUT2D eigenvalue weighted by Gasteiger charge is -2.36. The van der Waals surface area contributed by atoms with Crippen LogP contribution >= 0.6 is 0 Å². The van der Waals surface area contributed by atoms with Gasteiger partial charge >= 0.3 is 5.97 Å². The maximum Gasteiger partial charge on any atom is 0.328 e. The van der Waals surface area contributed by atoms with Crippen LogP contribution in [-0.2, 0) is 38.6 Å². The van der Waals surface area contributed by atoms with Crippen molar-refractivity contribution in [2.75, 3.05) is 13.6 Å². The van der Waals surface area contributed by atoms with E-state index in [1.165, 1.54) is 17.5 Å². The second-order valence-corrected chi connectivity index (χ2v) is 14.0. The van der Waals surface area contributed by atoms with Gasteiger partial charge in [-0.15, -0.1) is 0 Å². The number of carbonyl (C=O) groups excluding carboxylic acids is 3. The van der Waals surface area contributed by atoms with Crippen LogP contribution in [0.5, 0.6) is 5.75 Å². The minimum atomic E-state index is -0.794. The van der Waals surface area contributed by atoms with Gasteiger partial charge in [-0.3, -0.25) is 9.59 Å². The van der Waals surface area contributed by atoms with Gasteiger partial charge in [0.1, 0.15) is 30.5 Å². The Labute approximate surface area is 282 Å². The number of aryl methyl sites for hydroxylation is 2. The van der Waals surface area contributed by atoms with Crippen LogP contribution in [0.1, 0.15) is 102 Å². The Balaban J connectivity index is 1.39. The van der Waals surface area contributed by atoms with Gasteiger partial charge in [0, 0.05) is 13.6 Å². The van der Waals surface area contributed by atoms with Crippen LogP contribution in [0.2, 0.25) is 0 Å². The van der Waals surface area contributed by atoms with E-state index in [4.69, 9.17) is 9.47 Å². The van der Waals surface area contributed by atoms with Crippen LogP contribution in [-0.4, -0.2) is 60.5 Å². The lowest BCUT2D eigenvalue weighted by Crippen LogP contribution is -2.57. The van der Waals surface area contributed by atoms with Gasteiger partial charge in [0.25, 0.3) is 0 Å². The number of unbranched alkanes of at least 4 members (excludes halogenated alkanes) is 1. The normalized spacial score (nSPS) is 18.4. The predicted molar refractivity (Wildman–Crippen MR) is 186 cm³/mol. The summed E-state index contributed by atoms with van der Waals surface area (Å²) in [6.07, 6.45) is 10.9. The molecule has 2 aromatic rings. The third-order valence-electron chi connectivity index (χ3n) is 9.79. The highest BCUT2D eigenvalue weighted by Crippen LogP contribution is 2.33. The van der Waals surface area contributed by atoms with E-state index >= 15 is 0 Å². The van der Waals surface area contributed by atoms with Crippen molar-refractivity contribution >= 4 is 17.8 Å². The summed E-state index contributed by atoms with van der Waals surface area (Å²) in [5, 5.41) is 6.53. The molecule has 8 nitrogen and oxygen atoms in total. The van der Waals surface area contributed by atoms with E-state index in [1.54, 1.807) is 18.9 Å². The number of ether oxygens (including phenoxy) is 2. The highest BCUT2D eigenvalue weighted by molar-refractivity contribution is 5.91. The van der Waals surface area contributed by atoms with Gasteiger partial charge in [0.15, 0.2) is 0 Å². The molecular formula is C39H57N3O5. The first-order valence-corrected chi connectivity index (χ1v) is 18.0. The fourth-order valence-electron chi connectivity index (χ4n) is 6.81. The van der Waals surface area contributed by atoms with Gasteiger partial charge in [-0.05, 0) is 80.4 Å². The molecule has 1 fully saturated rings. The van der Waals surface area contributed by atoms with Crippen molar-refractivity contribution in [1.82, 2.24) is 15.5 Å². The van der Waals surface area contributed by atoms with Crippen molar-refractivity contribution in [3.63, 3.8) is 0 Å². The fraction of sp³-hybridized carbons (Fsp3) is 0.615. The zero-order valence-corrected chi connectivity index (χ0v) is 29.3. The highest BCUT2D eigenvalue weighted by atomic mass is 16.5. The molecule has 1 heterocycles. The monoisotopic (exact) mass is 647 g/mol. The summed E-state index contributed by atoms with van der Waals surface area (Å²) in [5.41, 5.74) is 3.43. The molecule has 8 heteroatoms. The number of fused-ring (bicyclic) bond motifs is 1.